The van der Waals surface area contributed by atoms with Gasteiger partial charge in [0.1, 0.15) is 0 Å². The number of rotatable bonds is 2. The van der Waals surface area contributed by atoms with Gasteiger partial charge in [0.25, 0.3) is 0 Å². The van der Waals surface area contributed by atoms with E-state index in [9.17, 15) is 0 Å². The molecular weight excluding hydrogens is 152 g/mol. The van der Waals surface area contributed by atoms with Gasteiger partial charge in [-0.2, -0.15) is 0 Å². The van der Waals surface area contributed by atoms with Gasteiger partial charge >= 0.3 is 0 Å². The molecule has 2 unspecified atom stereocenters. The van der Waals surface area contributed by atoms with Crippen LogP contribution in [-0.2, 0) is 9.47 Å². The third-order valence-electron chi connectivity index (χ3n) is 2.48. The molecule has 2 saturated heterocycles. The van der Waals surface area contributed by atoms with Gasteiger partial charge in [-0.05, 0) is 0 Å². The zero-order valence-corrected chi connectivity index (χ0v) is 7.16. The van der Waals surface area contributed by atoms with E-state index in [1.54, 1.807) is 6.08 Å². The van der Waals surface area contributed by atoms with E-state index in [1.165, 1.54) is 0 Å². The van der Waals surface area contributed by atoms with Gasteiger partial charge in [-0.3, -0.25) is 0 Å². The van der Waals surface area contributed by atoms with Crippen LogP contribution < -0.4 is 0 Å². The number of allylic oxidation sites excluding steroid dienone is 2. The Labute approximate surface area is 72.9 Å². The first-order valence-corrected chi connectivity index (χ1v) is 4.39. The van der Waals surface area contributed by atoms with Crippen LogP contribution in [0.15, 0.2) is 24.8 Å². The molecule has 2 heteroatoms. The Morgan fingerprint density at radius 2 is 2.33 bits per heavy atom. The van der Waals surface area contributed by atoms with Crippen LogP contribution in [0.5, 0.6) is 0 Å². The maximum Gasteiger partial charge on any atom is 0.0966 e. The Morgan fingerprint density at radius 3 is 3.00 bits per heavy atom. The van der Waals surface area contributed by atoms with Crippen LogP contribution >= 0.6 is 0 Å². The highest BCUT2D eigenvalue weighted by Crippen LogP contribution is 2.39. The first-order valence-electron chi connectivity index (χ1n) is 4.39. The third kappa shape index (κ3) is 1.59. The van der Waals surface area contributed by atoms with E-state index in [1.807, 2.05) is 6.08 Å². The molecule has 2 aliphatic rings. The molecule has 66 valence electrons. The molecule has 0 aromatic heterocycles. The lowest BCUT2D eigenvalue weighted by atomic mass is 9.96. The van der Waals surface area contributed by atoms with Crippen molar-refractivity contribution in [2.45, 2.75) is 24.5 Å². The topological polar surface area (TPSA) is 21.8 Å². The zero-order chi connectivity index (χ0) is 8.44. The average molecular weight is 166 g/mol. The van der Waals surface area contributed by atoms with Crippen molar-refractivity contribution >= 4 is 0 Å². The van der Waals surface area contributed by atoms with E-state index in [-0.39, 0.29) is 11.7 Å². The van der Waals surface area contributed by atoms with Crippen molar-refractivity contribution < 1.29 is 9.47 Å². The van der Waals surface area contributed by atoms with Crippen molar-refractivity contribution in [2.24, 2.45) is 0 Å². The van der Waals surface area contributed by atoms with Crippen molar-refractivity contribution in [3.8, 4) is 0 Å². The van der Waals surface area contributed by atoms with Crippen molar-refractivity contribution in [1.82, 2.24) is 0 Å². The first-order chi connectivity index (χ1) is 5.85. The monoisotopic (exact) mass is 166 g/mol. The molecule has 2 nitrogen and oxygen atoms in total. The summed E-state index contributed by atoms with van der Waals surface area (Å²) >= 11 is 0. The molecule has 2 atom stereocenters. The number of epoxide rings is 1. The Balaban J connectivity index is 1.90. The fourth-order valence-corrected chi connectivity index (χ4v) is 1.61. The molecule has 2 rings (SSSR count). The van der Waals surface area contributed by atoms with Crippen molar-refractivity contribution in [2.75, 3.05) is 13.2 Å². The number of ether oxygens (including phenoxy) is 2. The van der Waals surface area contributed by atoms with Crippen molar-refractivity contribution in [1.29, 1.82) is 0 Å². The summed E-state index contributed by atoms with van der Waals surface area (Å²) in [5.74, 6) is 0. The maximum atomic E-state index is 5.54. The highest BCUT2D eigenvalue weighted by Gasteiger charge is 2.47. The third-order valence-corrected chi connectivity index (χ3v) is 2.48. The van der Waals surface area contributed by atoms with E-state index in [4.69, 9.17) is 9.47 Å². The standard InChI is InChI=1S/C10H14O2/c1-2-3-4-9-7-10(8-12-10)5-6-11-9/h2-4,9H,1,5-8H2/b4-3+. The van der Waals surface area contributed by atoms with Gasteiger partial charge in [0.2, 0.25) is 0 Å². The quantitative estimate of drug-likeness (QED) is 0.460. The minimum atomic E-state index is 0.189. The van der Waals surface area contributed by atoms with Gasteiger partial charge in [0.15, 0.2) is 0 Å². The minimum absolute atomic E-state index is 0.189. The summed E-state index contributed by atoms with van der Waals surface area (Å²) in [5.41, 5.74) is 0.189. The van der Waals surface area contributed by atoms with Crippen LogP contribution in [-0.4, -0.2) is 24.9 Å². The fraction of sp³-hybridized carbons (Fsp3) is 0.600. The largest absolute Gasteiger partial charge is 0.374 e. The van der Waals surface area contributed by atoms with E-state index in [2.05, 4.69) is 12.7 Å². The summed E-state index contributed by atoms with van der Waals surface area (Å²) in [6.45, 7) is 5.37. The lowest BCUT2D eigenvalue weighted by molar-refractivity contribution is 0.00675. The van der Waals surface area contributed by atoms with Gasteiger partial charge in [-0.1, -0.05) is 24.8 Å². The Kier molecular flexibility index (Phi) is 2.03. The number of hydrogen-bond acceptors (Lipinski definition) is 2. The maximum absolute atomic E-state index is 5.54. The summed E-state index contributed by atoms with van der Waals surface area (Å²) in [5, 5.41) is 0. The van der Waals surface area contributed by atoms with E-state index in [0.29, 0.717) is 0 Å². The molecule has 0 amide bonds. The molecule has 0 aromatic carbocycles. The first kappa shape index (κ1) is 8.02. The van der Waals surface area contributed by atoms with Gasteiger partial charge in [0, 0.05) is 12.8 Å². The summed E-state index contributed by atoms with van der Waals surface area (Å²) in [6.07, 6.45) is 8.07. The average Bonchev–Trinajstić information content (AvgIpc) is 2.82. The van der Waals surface area contributed by atoms with Crippen LogP contribution in [0.3, 0.4) is 0 Å². The van der Waals surface area contributed by atoms with Crippen LogP contribution in [0.1, 0.15) is 12.8 Å². The van der Waals surface area contributed by atoms with Crippen LogP contribution in [0.25, 0.3) is 0 Å². The fourth-order valence-electron chi connectivity index (χ4n) is 1.61. The smallest absolute Gasteiger partial charge is 0.0966 e. The summed E-state index contributed by atoms with van der Waals surface area (Å²) in [4.78, 5) is 0. The molecule has 0 saturated carbocycles. The van der Waals surface area contributed by atoms with E-state index < -0.39 is 0 Å². The summed E-state index contributed by atoms with van der Waals surface area (Å²) < 4.78 is 10.9. The Hall–Kier alpha value is -0.600. The molecule has 12 heavy (non-hydrogen) atoms. The second-order valence-electron chi connectivity index (χ2n) is 3.46. The SMILES string of the molecule is C=C/C=C/C1CC2(CCO1)CO2. The van der Waals surface area contributed by atoms with Crippen LogP contribution in [0, 0.1) is 0 Å². The number of hydrogen-bond donors (Lipinski definition) is 0. The molecule has 0 bridgehead atoms. The second kappa shape index (κ2) is 3.04. The lowest BCUT2D eigenvalue weighted by Crippen LogP contribution is -2.30. The minimum Gasteiger partial charge on any atom is -0.374 e. The Morgan fingerprint density at radius 1 is 1.50 bits per heavy atom. The van der Waals surface area contributed by atoms with Gasteiger partial charge in [0.05, 0.1) is 24.9 Å². The van der Waals surface area contributed by atoms with Crippen LogP contribution in [0.2, 0.25) is 0 Å². The van der Waals surface area contributed by atoms with Crippen molar-refractivity contribution in [3.05, 3.63) is 24.8 Å². The van der Waals surface area contributed by atoms with Crippen molar-refractivity contribution in [3.63, 3.8) is 0 Å². The molecule has 0 radical (unpaired) electrons. The van der Waals surface area contributed by atoms with Gasteiger partial charge < -0.3 is 9.47 Å². The highest BCUT2D eigenvalue weighted by atomic mass is 16.6. The molecule has 2 aliphatic heterocycles. The lowest BCUT2D eigenvalue weighted by Gasteiger charge is -2.24. The van der Waals surface area contributed by atoms with Crippen LogP contribution in [0.4, 0.5) is 0 Å². The summed E-state index contributed by atoms with van der Waals surface area (Å²) in [7, 11) is 0. The Bertz CT molecular complexity index is 204. The van der Waals surface area contributed by atoms with E-state index >= 15 is 0 Å². The van der Waals surface area contributed by atoms with Gasteiger partial charge in [-0.15, -0.1) is 0 Å². The molecule has 1 spiro atoms. The molecule has 0 N–H and O–H groups in total. The predicted molar refractivity (Wildman–Crippen MR) is 47.0 cm³/mol. The normalized spacial score (nSPS) is 40.5. The molecule has 0 aliphatic carbocycles. The molecule has 2 heterocycles. The predicted octanol–water partition coefficient (Wildman–Crippen LogP) is 1.68. The second-order valence-corrected chi connectivity index (χ2v) is 3.46. The molecule has 0 aromatic rings. The summed E-state index contributed by atoms with van der Waals surface area (Å²) in [6, 6.07) is 0. The van der Waals surface area contributed by atoms with E-state index in [0.717, 1.165) is 26.1 Å². The van der Waals surface area contributed by atoms with Gasteiger partial charge in [-0.25, -0.2) is 0 Å². The zero-order valence-electron chi connectivity index (χ0n) is 7.16. The molecule has 2 fully saturated rings. The molecular formula is C10H14O2. The highest BCUT2D eigenvalue weighted by molar-refractivity contribution is 5.06.